The molecule has 2 N–H and O–H groups in total. The zero-order chi connectivity index (χ0) is 12.7. The molecule has 1 aromatic rings. The van der Waals surface area contributed by atoms with Crippen molar-refractivity contribution in [2.24, 2.45) is 0 Å². The molecule has 0 aliphatic heterocycles. The zero-order valence-corrected chi connectivity index (χ0v) is 10.4. The van der Waals surface area contributed by atoms with Crippen LogP contribution >= 0.6 is 0 Å². The minimum Gasteiger partial charge on any atom is -0.478 e. The second-order valence-corrected chi connectivity index (χ2v) is 5.16. The maximum absolute atomic E-state index is 11.5. The molecule has 0 spiro atoms. The number of nitrogens with one attached hydrogen (secondary N) is 1. The Morgan fingerprint density at radius 2 is 2.24 bits per heavy atom. The monoisotopic (exact) mass is 260 g/mol. The molecule has 0 saturated carbocycles. The Hall–Kier alpha value is -1.34. The highest BCUT2D eigenvalue weighted by molar-refractivity contribution is 7.92. The Morgan fingerprint density at radius 3 is 2.76 bits per heavy atom. The molecular formula is C10H16N2O4S. The molecule has 6 nitrogen and oxygen atoms in total. The maximum atomic E-state index is 11.5. The molecule has 1 heterocycles. The van der Waals surface area contributed by atoms with Gasteiger partial charge in [-0.05, 0) is 19.4 Å². The van der Waals surface area contributed by atoms with E-state index in [1.165, 1.54) is 6.20 Å². The molecule has 0 aromatic carbocycles. The van der Waals surface area contributed by atoms with E-state index in [0.717, 1.165) is 0 Å². The van der Waals surface area contributed by atoms with Crippen molar-refractivity contribution in [1.82, 2.24) is 4.98 Å². The Labute approximate surface area is 101 Å². The minimum atomic E-state index is -3.41. The summed E-state index contributed by atoms with van der Waals surface area (Å²) >= 11 is 0. The van der Waals surface area contributed by atoms with Crippen molar-refractivity contribution < 1.29 is 18.3 Å². The van der Waals surface area contributed by atoms with E-state index < -0.39 is 10.0 Å². The van der Waals surface area contributed by atoms with Gasteiger partial charge >= 0.3 is 0 Å². The van der Waals surface area contributed by atoms with Gasteiger partial charge in [0.1, 0.15) is 0 Å². The number of rotatable bonds is 7. The Bertz CT molecular complexity index is 430. The molecular weight excluding hydrogens is 244 g/mol. The average Bonchev–Trinajstić information content (AvgIpc) is 2.29. The van der Waals surface area contributed by atoms with Crippen molar-refractivity contribution in [1.29, 1.82) is 0 Å². The summed E-state index contributed by atoms with van der Waals surface area (Å²) in [6.07, 6.45) is 1.60. The molecule has 0 unspecified atom stereocenters. The predicted molar refractivity (Wildman–Crippen MR) is 64.5 cm³/mol. The van der Waals surface area contributed by atoms with Gasteiger partial charge in [0.25, 0.3) is 0 Å². The Balaban J connectivity index is 2.62. The third-order valence-electron chi connectivity index (χ3n) is 1.87. The summed E-state index contributed by atoms with van der Waals surface area (Å²) < 4.78 is 30.5. The number of aliphatic hydroxyl groups excluding tert-OH is 1. The largest absolute Gasteiger partial charge is 0.478 e. The molecule has 0 bridgehead atoms. The second kappa shape index (κ2) is 6.41. The van der Waals surface area contributed by atoms with E-state index in [1.54, 1.807) is 12.1 Å². The number of nitrogens with zero attached hydrogens (tertiary/aromatic N) is 1. The highest BCUT2D eigenvalue weighted by Crippen LogP contribution is 2.13. The molecule has 0 aliphatic carbocycles. The van der Waals surface area contributed by atoms with E-state index in [9.17, 15) is 8.42 Å². The van der Waals surface area contributed by atoms with Crippen LogP contribution in [-0.2, 0) is 10.0 Å². The lowest BCUT2D eigenvalue weighted by Gasteiger charge is -2.07. The Morgan fingerprint density at radius 1 is 1.47 bits per heavy atom. The molecule has 0 amide bonds. The number of aromatic nitrogens is 1. The van der Waals surface area contributed by atoms with Crippen molar-refractivity contribution in [3.05, 3.63) is 18.3 Å². The number of aliphatic hydroxyl groups is 1. The number of sulfonamides is 1. The van der Waals surface area contributed by atoms with E-state index in [1.807, 2.05) is 6.92 Å². The first-order valence-corrected chi connectivity index (χ1v) is 6.93. The average molecular weight is 260 g/mol. The number of pyridine rings is 1. The lowest BCUT2D eigenvalue weighted by Crippen LogP contribution is -2.17. The topological polar surface area (TPSA) is 88.5 Å². The number of hydrogen-bond acceptors (Lipinski definition) is 5. The highest BCUT2D eigenvalue weighted by Gasteiger charge is 2.09. The molecule has 0 atom stereocenters. The first kappa shape index (κ1) is 13.7. The van der Waals surface area contributed by atoms with Gasteiger partial charge in [-0.3, -0.25) is 4.72 Å². The lowest BCUT2D eigenvalue weighted by atomic mass is 10.4. The van der Waals surface area contributed by atoms with Crippen LogP contribution in [0.5, 0.6) is 5.88 Å². The SMILES string of the molecule is CCOc1ccc(NS(=O)(=O)CCCO)cn1. The fraction of sp³-hybridized carbons (Fsp3) is 0.500. The van der Waals surface area contributed by atoms with Crippen molar-refractivity contribution in [3.63, 3.8) is 0 Å². The summed E-state index contributed by atoms with van der Waals surface area (Å²) in [6.45, 7) is 2.20. The van der Waals surface area contributed by atoms with Crippen molar-refractivity contribution in [3.8, 4) is 5.88 Å². The smallest absolute Gasteiger partial charge is 0.232 e. The van der Waals surface area contributed by atoms with E-state index in [-0.39, 0.29) is 18.8 Å². The molecule has 1 rings (SSSR count). The maximum Gasteiger partial charge on any atom is 0.232 e. The standard InChI is InChI=1S/C10H16N2O4S/c1-2-16-10-5-4-9(8-11-10)12-17(14,15)7-3-6-13/h4-5,8,12-13H,2-3,6-7H2,1H3. The van der Waals surface area contributed by atoms with Crippen molar-refractivity contribution in [2.75, 3.05) is 23.7 Å². The first-order chi connectivity index (χ1) is 8.07. The molecule has 0 saturated heterocycles. The van der Waals surface area contributed by atoms with E-state index >= 15 is 0 Å². The number of hydrogen-bond donors (Lipinski definition) is 2. The molecule has 0 radical (unpaired) electrons. The second-order valence-electron chi connectivity index (χ2n) is 3.32. The summed E-state index contributed by atoms with van der Waals surface area (Å²) in [5.41, 5.74) is 0.381. The van der Waals surface area contributed by atoms with Crippen LogP contribution in [0.25, 0.3) is 0 Å². The van der Waals surface area contributed by atoms with Crippen LogP contribution in [0.15, 0.2) is 18.3 Å². The van der Waals surface area contributed by atoms with Gasteiger partial charge < -0.3 is 9.84 Å². The van der Waals surface area contributed by atoms with Gasteiger partial charge in [-0.15, -0.1) is 0 Å². The molecule has 1 aromatic heterocycles. The summed E-state index contributed by atoms with van der Waals surface area (Å²) in [5, 5.41) is 8.57. The van der Waals surface area contributed by atoms with Crippen LogP contribution in [0.1, 0.15) is 13.3 Å². The third kappa shape index (κ3) is 5.01. The van der Waals surface area contributed by atoms with Crippen LogP contribution in [0.3, 0.4) is 0 Å². The van der Waals surface area contributed by atoms with Gasteiger partial charge in [0.15, 0.2) is 0 Å². The number of ether oxygens (including phenoxy) is 1. The van der Waals surface area contributed by atoms with Gasteiger partial charge in [0, 0.05) is 12.7 Å². The van der Waals surface area contributed by atoms with Crippen LogP contribution in [-0.4, -0.2) is 37.5 Å². The minimum absolute atomic E-state index is 0.114. The zero-order valence-electron chi connectivity index (χ0n) is 9.59. The molecule has 7 heteroatoms. The van der Waals surface area contributed by atoms with Crippen molar-refractivity contribution >= 4 is 15.7 Å². The van der Waals surface area contributed by atoms with E-state index in [0.29, 0.717) is 18.2 Å². The fourth-order valence-corrected chi connectivity index (χ4v) is 2.25. The molecule has 96 valence electrons. The van der Waals surface area contributed by atoms with Crippen LogP contribution in [0, 0.1) is 0 Å². The summed E-state index contributed by atoms with van der Waals surface area (Å²) in [7, 11) is -3.41. The number of anilines is 1. The molecule has 0 fully saturated rings. The van der Waals surface area contributed by atoms with Crippen LogP contribution in [0.4, 0.5) is 5.69 Å². The molecule has 0 aliphatic rings. The van der Waals surface area contributed by atoms with Gasteiger partial charge in [-0.2, -0.15) is 0 Å². The van der Waals surface area contributed by atoms with Crippen molar-refractivity contribution in [2.45, 2.75) is 13.3 Å². The summed E-state index contributed by atoms with van der Waals surface area (Å²) in [4.78, 5) is 3.93. The normalized spacial score (nSPS) is 11.2. The van der Waals surface area contributed by atoms with Gasteiger partial charge in [0.05, 0.1) is 24.2 Å². The van der Waals surface area contributed by atoms with Crippen LogP contribution in [0.2, 0.25) is 0 Å². The first-order valence-electron chi connectivity index (χ1n) is 5.27. The molecule has 17 heavy (non-hydrogen) atoms. The van der Waals surface area contributed by atoms with Gasteiger partial charge in [-0.25, -0.2) is 13.4 Å². The summed E-state index contributed by atoms with van der Waals surface area (Å²) in [5.74, 6) is 0.335. The van der Waals surface area contributed by atoms with E-state index in [2.05, 4.69) is 9.71 Å². The van der Waals surface area contributed by atoms with Gasteiger partial charge in [0.2, 0.25) is 15.9 Å². The van der Waals surface area contributed by atoms with Crippen LogP contribution < -0.4 is 9.46 Å². The highest BCUT2D eigenvalue weighted by atomic mass is 32.2. The third-order valence-corrected chi connectivity index (χ3v) is 3.25. The lowest BCUT2D eigenvalue weighted by molar-refractivity contribution is 0.295. The predicted octanol–water partition coefficient (Wildman–Crippen LogP) is 0.604. The summed E-state index contributed by atoms with van der Waals surface area (Å²) in [6, 6.07) is 3.17. The Kier molecular flexibility index (Phi) is 5.17. The quantitative estimate of drug-likeness (QED) is 0.749. The fourth-order valence-electron chi connectivity index (χ4n) is 1.16. The van der Waals surface area contributed by atoms with Gasteiger partial charge in [-0.1, -0.05) is 0 Å². The van der Waals surface area contributed by atoms with E-state index in [4.69, 9.17) is 9.84 Å².